The van der Waals surface area contributed by atoms with Crippen LogP contribution < -0.4 is 0 Å². The van der Waals surface area contributed by atoms with Gasteiger partial charge in [-0.2, -0.15) is 0 Å². The van der Waals surface area contributed by atoms with E-state index in [0.717, 1.165) is 22.3 Å². The van der Waals surface area contributed by atoms with Crippen LogP contribution in [0.5, 0.6) is 0 Å². The van der Waals surface area contributed by atoms with Gasteiger partial charge in [0, 0.05) is 16.0 Å². The van der Waals surface area contributed by atoms with Gasteiger partial charge in [0.1, 0.15) is 24.4 Å². The highest BCUT2D eigenvalue weighted by Gasteiger charge is 2.39. The molecule has 4 atom stereocenters. The molecule has 0 aliphatic carbocycles. The van der Waals surface area contributed by atoms with Gasteiger partial charge in [0.25, 0.3) is 0 Å². The van der Waals surface area contributed by atoms with Crippen molar-refractivity contribution in [1.29, 1.82) is 0 Å². The average Bonchev–Trinajstić information content (AvgIpc) is 3.11. The number of rotatable bonds is 21. The van der Waals surface area contributed by atoms with Crippen LogP contribution in [0.3, 0.4) is 0 Å². The summed E-state index contributed by atoms with van der Waals surface area (Å²) >= 11 is 0. The van der Waals surface area contributed by atoms with E-state index < -0.39 is 24.4 Å². The van der Waals surface area contributed by atoms with Gasteiger partial charge in [0.15, 0.2) is 0 Å². The average molecular weight is 603 g/mol. The van der Waals surface area contributed by atoms with Gasteiger partial charge in [-0.1, -0.05) is 121 Å². The second-order valence-electron chi connectivity index (χ2n) is 10.3. The Morgan fingerprint density at radius 3 is 1.02 bits per heavy atom. The van der Waals surface area contributed by atoms with Crippen LogP contribution >= 0.6 is 0 Å². The van der Waals surface area contributed by atoms with E-state index in [4.69, 9.17) is 31.2 Å². The number of ether oxygens (including phenoxy) is 6. The Hall–Kier alpha value is -3.36. The van der Waals surface area contributed by atoms with Crippen molar-refractivity contribution < 1.29 is 31.2 Å². The van der Waals surface area contributed by atoms with E-state index in [2.05, 4.69) is 0 Å². The van der Waals surface area contributed by atoms with Crippen LogP contribution in [0.2, 0.25) is 0 Å². The van der Waals surface area contributed by atoms with Crippen LogP contribution in [0.4, 0.5) is 0 Å². The van der Waals surface area contributed by atoms with E-state index in [0.29, 0.717) is 26.4 Å². The molecule has 0 amide bonds. The van der Waals surface area contributed by atoms with Gasteiger partial charge in [-0.3, -0.25) is 0 Å². The molecule has 44 heavy (non-hydrogen) atoms. The first kappa shape index (κ1) is 30.7. The fourth-order valence-corrected chi connectivity index (χ4v) is 4.79. The molecule has 4 aromatic rings. The van der Waals surface area contributed by atoms with Crippen molar-refractivity contribution in [2.75, 3.05) is 26.4 Å². The van der Waals surface area contributed by atoms with E-state index in [9.17, 15) is 0 Å². The summed E-state index contributed by atoms with van der Waals surface area (Å²) in [7, 11) is 0. The Bertz CT molecular complexity index is 1200. The quantitative estimate of drug-likeness (QED) is 0.0927. The summed E-state index contributed by atoms with van der Waals surface area (Å²) in [4.78, 5) is 0. The second-order valence-corrected chi connectivity index (χ2v) is 10.3. The lowest BCUT2D eigenvalue weighted by atomic mass is 10.0. The van der Waals surface area contributed by atoms with Gasteiger partial charge >= 0.3 is 0 Å². The summed E-state index contributed by atoms with van der Waals surface area (Å²) in [6, 6.07) is 39.9. The minimum atomic E-state index is -0.640. The van der Waals surface area contributed by atoms with E-state index in [1.54, 1.807) is 0 Å². The van der Waals surface area contributed by atoms with Crippen molar-refractivity contribution >= 4 is 0 Å². The third kappa shape index (κ3) is 11.6. The van der Waals surface area contributed by atoms with Crippen molar-refractivity contribution in [3.05, 3.63) is 144 Å². The lowest BCUT2D eigenvalue weighted by Crippen LogP contribution is -2.52. The zero-order valence-corrected chi connectivity index (χ0v) is 25.4. The molecule has 0 radical (unpaired) electrons. The van der Waals surface area contributed by atoms with E-state index in [1.807, 2.05) is 121 Å². The number of hydrogen-bond acceptors (Lipinski definition) is 6. The van der Waals surface area contributed by atoms with Crippen LogP contribution in [-0.4, -0.2) is 50.8 Å². The molecule has 0 bridgehead atoms. The summed E-state index contributed by atoms with van der Waals surface area (Å²) in [5.74, 6) is 0. The first-order chi connectivity index (χ1) is 22.8. The molecule has 6 heteroatoms. The molecule has 0 heterocycles. The minimum Gasteiger partial charge on any atom is -0.379 e. The maximum Gasteiger partial charge on any atom is 0.115 e. The Labute approximate surface area is 265 Å². The fraction of sp³-hybridized carbons (Fsp3) is 0.368. The maximum absolute atomic E-state index is 7.66. The van der Waals surface area contributed by atoms with Crippen LogP contribution in [0, 0.1) is 0 Å². The topological polar surface area (TPSA) is 55.4 Å². The molecule has 234 valence electrons. The van der Waals surface area contributed by atoms with Crippen LogP contribution in [-0.2, 0) is 54.8 Å². The minimum absolute atomic E-state index is 0.138. The zero-order chi connectivity index (χ0) is 32.1. The summed E-state index contributed by atoms with van der Waals surface area (Å²) in [6.45, 7) is 2.55. The Kier molecular flexibility index (Phi) is 13.8. The van der Waals surface area contributed by atoms with Gasteiger partial charge in [-0.05, 0) is 36.1 Å². The molecule has 0 N–H and O–H groups in total. The van der Waals surface area contributed by atoms with Crippen molar-refractivity contribution in [2.24, 2.45) is 0 Å². The third-order valence-corrected chi connectivity index (χ3v) is 7.09. The third-order valence-electron chi connectivity index (χ3n) is 7.09. The van der Waals surface area contributed by atoms with E-state index in [1.165, 1.54) is 0 Å². The molecule has 0 aliphatic rings. The highest BCUT2D eigenvalue weighted by atomic mass is 16.6. The summed E-state index contributed by atoms with van der Waals surface area (Å²) in [5.41, 5.74) is 4.06. The van der Waals surface area contributed by atoms with E-state index in [-0.39, 0.29) is 40.2 Å². The first-order valence-corrected chi connectivity index (χ1v) is 15.1. The largest absolute Gasteiger partial charge is 0.379 e. The lowest BCUT2D eigenvalue weighted by molar-refractivity contribution is -0.206. The SMILES string of the molecule is [3H]CCOC[C@@H](OCc1ccccc1)[C@@H](OCc1ccccc1)[C@H](OCc1ccccc1)[C@@H](COCC[3H])OCc1ccccc1. The predicted octanol–water partition coefficient (Wildman–Crippen LogP) is 7.40. The highest BCUT2D eigenvalue weighted by molar-refractivity contribution is 5.16. The molecule has 0 aromatic heterocycles. The van der Waals surface area contributed by atoms with Crippen LogP contribution in [0.15, 0.2) is 121 Å². The summed E-state index contributed by atoms with van der Waals surface area (Å²) in [5, 5.41) is 0. The number of benzene rings is 4. The molecule has 6 nitrogen and oxygen atoms in total. The zero-order valence-electron chi connectivity index (χ0n) is 27.4. The standard InChI is InChI=1S/C38H46O6/c1-3-39-29-35(41-25-31-17-9-5-10-18-31)37(43-27-33-21-13-7-14-22-33)38(44-28-34-23-15-8-16-24-34)36(30-40-4-2)42-26-32-19-11-6-12-20-32/h5-24,35-38H,3-4,25-30H2,1-2H3/t35-,36-,37-,38-/m1/s1/i1T,2T. The maximum atomic E-state index is 7.66. The highest BCUT2D eigenvalue weighted by Crippen LogP contribution is 2.24. The molecule has 4 rings (SSSR count). The molecule has 0 saturated carbocycles. The first-order valence-electron chi connectivity index (χ1n) is 16.5. The van der Waals surface area contributed by atoms with Crippen molar-refractivity contribution in [3.8, 4) is 0 Å². The molecule has 0 saturated heterocycles. The summed E-state index contributed by atoms with van der Waals surface area (Å²) in [6.07, 6.45) is -2.40. The van der Waals surface area contributed by atoms with E-state index >= 15 is 0 Å². The normalized spacial score (nSPS) is 14.7. The predicted molar refractivity (Wildman–Crippen MR) is 173 cm³/mol. The van der Waals surface area contributed by atoms with Crippen LogP contribution in [0.25, 0.3) is 0 Å². The monoisotopic (exact) mass is 602 g/mol. The molecule has 0 spiro atoms. The van der Waals surface area contributed by atoms with Gasteiger partial charge in [-0.25, -0.2) is 0 Å². The summed E-state index contributed by atoms with van der Waals surface area (Å²) < 4.78 is 53.9. The van der Waals surface area contributed by atoms with Gasteiger partial charge in [0.2, 0.25) is 0 Å². The molecular weight excluding hydrogens is 552 g/mol. The molecule has 0 fully saturated rings. The Balaban J connectivity index is 1.68. The molecule has 0 aliphatic heterocycles. The van der Waals surface area contributed by atoms with Crippen LogP contribution in [0.1, 0.15) is 38.8 Å². The van der Waals surface area contributed by atoms with Gasteiger partial charge in [0.05, 0.1) is 39.6 Å². The smallest absolute Gasteiger partial charge is 0.115 e. The lowest BCUT2D eigenvalue weighted by Gasteiger charge is -2.37. The van der Waals surface area contributed by atoms with Crippen molar-refractivity contribution in [1.82, 2.24) is 0 Å². The molecule has 4 aromatic carbocycles. The molecule has 0 unspecified atom stereocenters. The molecular formula is C38H46O6. The number of hydrogen-bond donors (Lipinski definition) is 0. The second kappa shape index (κ2) is 19.8. The van der Waals surface area contributed by atoms with Gasteiger partial charge < -0.3 is 28.4 Å². The van der Waals surface area contributed by atoms with Gasteiger partial charge in [-0.15, -0.1) is 0 Å². The Morgan fingerprint density at radius 2 is 0.727 bits per heavy atom. The van der Waals surface area contributed by atoms with Crippen molar-refractivity contribution in [3.63, 3.8) is 0 Å². The Morgan fingerprint density at radius 1 is 0.432 bits per heavy atom. The fourth-order valence-electron chi connectivity index (χ4n) is 4.79. The van der Waals surface area contributed by atoms with Crippen molar-refractivity contribution in [2.45, 2.75) is 64.6 Å².